The number of halogens is 1. The van der Waals surface area contributed by atoms with E-state index in [9.17, 15) is 4.79 Å². The molecular weight excluding hydrogens is 420 g/mol. The van der Waals surface area contributed by atoms with Gasteiger partial charge in [0.2, 0.25) is 5.91 Å². The van der Waals surface area contributed by atoms with E-state index in [1.165, 1.54) is 11.5 Å². The zero-order valence-electron chi connectivity index (χ0n) is 18.0. The summed E-state index contributed by atoms with van der Waals surface area (Å²) in [5, 5.41) is 1.10. The molecule has 0 N–H and O–H groups in total. The molecule has 0 aliphatic heterocycles. The fourth-order valence-electron chi connectivity index (χ4n) is 3.04. The van der Waals surface area contributed by atoms with Gasteiger partial charge in [-0.2, -0.15) is 4.37 Å². The highest BCUT2D eigenvalue weighted by Gasteiger charge is 2.23. The maximum atomic E-state index is 13.1. The smallest absolute Gasteiger partial charge is 0.234 e. The molecule has 0 saturated carbocycles. The number of hydrogen-bond acceptors (Lipinski definition) is 6. The second-order valence-corrected chi connectivity index (χ2v) is 9.56. The molecule has 0 atom stereocenters. The second kappa shape index (κ2) is 9.37. The highest BCUT2D eigenvalue weighted by molar-refractivity contribution is 7.11. The van der Waals surface area contributed by atoms with Gasteiger partial charge in [0.25, 0.3) is 0 Å². The molecule has 0 radical (unpaired) electrons. The van der Waals surface area contributed by atoms with E-state index >= 15 is 0 Å². The van der Waals surface area contributed by atoms with E-state index in [0.29, 0.717) is 22.3 Å². The summed E-state index contributed by atoms with van der Waals surface area (Å²) in [4.78, 5) is 23.9. The van der Waals surface area contributed by atoms with E-state index in [4.69, 9.17) is 21.3 Å². The number of anilines is 1. The van der Waals surface area contributed by atoms with Crippen LogP contribution in [0.2, 0.25) is 5.02 Å². The van der Waals surface area contributed by atoms with Crippen LogP contribution in [0.15, 0.2) is 24.4 Å². The second-order valence-electron chi connectivity index (χ2n) is 8.43. The van der Waals surface area contributed by atoms with Gasteiger partial charge in [0, 0.05) is 12.8 Å². The molecule has 0 aliphatic carbocycles. The van der Waals surface area contributed by atoms with Gasteiger partial charge in [-0.1, -0.05) is 38.4 Å². The number of ether oxygens (including phenoxy) is 1. The normalized spacial score (nSPS) is 11.8. The number of fused-ring (bicyclic) bond motifs is 1. The molecule has 0 spiro atoms. The highest BCUT2D eigenvalue weighted by atomic mass is 35.5. The molecule has 3 aromatic rings. The zero-order chi connectivity index (χ0) is 21.9. The van der Waals surface area contributed by atoms with Crippen molar-refractivity contribution in [1.29, 1.82) is 0 Å². The Hall–Kier alpha value is -2.09. The Morgan fingerprint density at radius 3 is 2.67 bits per heavy atom. The van der Waals surface area contributed by atoms with E-state index in [-0.39, 0.29) is 24.5 Å². The predicted molar refractivity (Wildman–Crippen MR) is 122 cm³/mol. The molecule has 6 nitrogen and oxygen atoms in total. The molecule has 3 rings (SSSR count). The molecule has 0 bridgehead atoms. The lowest BCUT2D eigenvalue weighted by Gasteiger charge is -2.21. The number of hydrogen-bond donors (Lipinski definition) is 0. The first-order chi connectivity index (χ1) is 14.2. The molecular formula is C22H27ClN4O2S. The maximum Gasteiger partial charge on any atom is 0.234 e. The van der Waals surface area contributed by atoms with Crippen molar-refractivity contribution in [3.8, 4) is 0 Å². The first kappa shape index (κ1) is 22.6. The molecule has 30 heavy (non-hydrogen) atoms. The van der Waals surface area contributed by atoms with Crippen molar-refractivity contribution >= 4 is 45.1 Å². The third-order valence-corrected chi connectivity index (χ3v) is 6.00. The van der Waals surface area contributed by atoms with Gasteiger partial charge < -0.3 is 4.74 Å². The monoisotopic (exact) mass is 446 g/mol. The molecule has 1 aromatic carbocycles. The fourth-order valence-corrected chi connectivity index (χ4v) is 4.14. The molecule has 0 unspecified atom stereocenters. The Labute approximate surface area is 186 Å². The van der Waals surface area contributed by atoms with E-state index in [1.807, 2.05) is 38.2 Å². The number of amides is 1. The Morgan fingerprint density at radius 1 is 1.27 bits per heavy atom. The van der Waals surface area contributed by atoms with Crippen LogP contribution in [-0.2, 0) is 22.4 Å². The molecule has 1 amide bonds. The van der Waals surface area contributed by atoms with Crippen LogP contribution in [0.4, 0.5) is 5.00 Å². The number of nitrogens with zero attached hydrogens (tertiary/aromatic N) is 4. The van der Waals surface area contributed by atoms with Gasteiger partial charge in [0.05, 0.1) is 33.9 Å². The van der Waals surface area contributed by atoms with Crippen LogP contribution in [-0.4, -0.2) is 33.6 Å². The lowest BCUT2D eigenvalue weighted by atomic mass is 9.91. The van der Waals surface area contributed by atoms with Crippen molar-refractivity contribution in [2.24, 2.45) is 5.41 Å². The SMILES string of the molecule is CCOCN(C(=O)Cc1ccc2nc(CC(C)(C)C)cnc2c1)c1snc(C)c1Cl. The first-order valence-corrected chi connectivity index (χ1v) is 11.1. The van der Waals surface area contributed by atoms with E-state index in [2.05, 4.69) is 30.1 Å². The van der Waals surface area contributed by atoms with Gasteiger partial charge in [-0.25, -0.2) is 4.98 Å². The largest absolute Gasteiger partial charge is 0.361 e. The number of carbonyl (C=O) groups is 1. The van der Waals surface area contributed by atoms with Crippen molar-refractivity contribution in [1.82, 2.24) is 14.3 Å². The molecule has 160 valence electrons. The van der Waals surface area contributed by atoms with Gasteiger partial charge in [-0.05, 0) is 54.9 Å². The molecule has 0 saturated heterocycles. The molecule has 2 heterocycles. The predicted octanol–water partition coefficient (Wildman–Crippen LogP) is 5.21. The average molecular weight is 447 g/mol. The summed E-state index contributed by atoms with van der Waals surface area (Å²) >= 11 is 7.55. The number of rotatable bonds is 7. The summed E-state index contributed by atoms with van der Waals surface area (Å²) < 4.78 is 9.75. The summed E-state index contributed by atoms with van der Waals surface area (Å²) in [5.41, 5.74) is 4.30. The van der Waals surface area contributed by atoms with E-state index in [1.54, 1.807) is 4.90 Å². The van der Waals surface area contributed by atoms with E-state index in [0.717, 1.165) is 28.7 Å². The molecule has 0 aliphatic rings. The summed E-state index contributed by atoms with van der Waals surface area (Å²) in [7, 11) is 0. The quantitative estimate of drug-likeness (QED) is 0.466. The Morgan fingerprint density at radius 2 is 2.03 bits per heavy atom. The lowest BCUT2D eigenvalue weighted by molar-refractivity contribution is -0.119. The van der Waals surface area contributed by atoms with Gasteiger partial charge in [-0.3, -0.25) is 14.7 Å². The van der Waals surface area contributed by atoms with Crippen molar-refractivity contribution in [2.75, 3.05) is 18.2 Å². The van der Waals surface area contributed by atoms with Crippen molar-refractivity contribution < 1.29 is 9.53 Å². The zero-order valence-corrected chi connectivity index (χ0v) is 19.6. The van der Waals surface area contributed by atoms with Crippen LogP contribution < -0.4 is 4.90 Å². The van der Waals surface area contributed by atoms with Crippen molar-refractivity contribution in [3.63, 3.8) is 0 Å². The van der Waals surface area contributed by atoms with Crippen LogP contribution in [0.3, 0.4) is 0 Å². The van der Waals surface area contributed by atoms with Crippen LogP contribution >= 0.6 is 23.1 Å². The summed E-state index contributed by atoms with van der Waals surface area (Å²) in [6.45, 7) is 10.9. The third kappa shape index (κ3) is 5.53. The van der Waals surface area contributed by atoms with Gasteiger partial charge in [0.1, 0.15) is 11.7 Å². The lowest BCUT2D eigenvalue weighted by Crippen LogP contribution is -2.34. The molecule has 8 heteroatoms. The number of aromatic nitrogens is 3. The number of carbonyl (C=O) groups excluding carboxylic acids is 1. The summed E-state index contributed by atoms with van der Waals surface area (Å²) in [6.07, 6.45) is 2.89. The van der Waals surface area contributed by atoms with Crippen molar-refractivity contribution in [2.45, 2.75) is 47.5 Å². The van der Waals surface area contributed by atoms with Crippen LogP contribution in [0, 0.1) is 12.3 Å². The Balaban J connectivity index is 1.81. The molecule has 2 aromatic heterocycles. The first-order valence-electron chi connectivity index (χ1n) is 9.92. The van der Waals surface area contributed by atoms with Gasteiger partial charge >= 0.3 is 0 Å². The minimum Gasteiger partial charge on any atom is -0.361 e. The number of aryl methyl sites for hydroxylation is 1. The van der Waals surface area contributed by atoms with Crippen molar-refractivity contribution in [3.05, 3.63) is 46.4 Å². The Bertz CT molecular complexity index is 1050. The Kier molecular flexibility index (Phi) is 7.06. The van der Waals surface area contributed by atoms with E-state index < -0.39 is 0 Å². The minimum atomic E-state index is -0.106. The summed E-state index contributed by atoms with van der Waals surface area (Å²) in [5.74, 6) is -0.106. The topological polar surface area (TPSA) is 68.2 Å². The number of benzene rings is 1. The standard InChI is InChI=1S/C22H27ClN4O2S/c1-6-29-13-27(21-20(23)14(2)26-30-21)19(28)10-15-7-8-17-18(9-15)24-12-16(25-17)11-22(3,4)5/h7-9,12H,6,10-11,13H2,1-5H3. The highest BCUT2D eigenvalue weighted by Crippen LogP contribution is 2.33. The minimum absolute atomic E-state index is 0.106. The average Bonchev–Trinajstić information content (AvgIpc) is 3.00. The third-order valence-electron chi connectivity index (χ3n) is 4.47. The van der Waals surface area contributed by atoms with Crippen LogP contribution in [0.25, 0.3) is 11.0 Å². The van der Waals surface area contributed by atoms with Crippen LogP contribution in [0.1, 0.15) is 44.6 Å². The summed E-state index contributed by atoms with van der Waals surface area (Å²) in [6, 6.07) is 5.77. The van der Waals surface area contributed by atoms with Gasteiger partial charge in [0.15, 0.2) is 0 Å². The van der Waals surface area contributed by atoms with Gasteiger partial charge in [-0.15, -0.1) is 0 Å². The molecule has 0 fully saturated rings. The van der Waals surface area contributed by atoms with Crippen LogP contribution in [0.5, 0.6) is 0 Å². The maximum absolute atomic E-state index is 13.1. The fraction of sp³-hybridized carbons (Fsp3) is 0.455.